The lowest BCUT2D eigenvalue weighted by atomic mass is 9.87. The van der Waals surface area contributed by atoms with Crippen molar-refractivity contribution in [3.8, 4) is 11.4 Å². The van der Waals surface area contributed by atoms with E-state index in [1.807, 2.05) is 51.7 Å². The average molecular weight is 404 g/mol. The quantitative estimate of drug-likeness (QED) is 0.581. The van der Waals surface area contributed by atoms with E-state index in [1.165, 1.54) is 22.0 Å². The minimum atomic E-state index is -0.299. The maximum Gasteiger partial charge on any atom is 0.236 e. The molecular formula is C21H33N5OS. The summed E-state index contributed by atoms with van der Waals surface area (Å²) in [6, 6.07) is 8.48. The van der Waals surface area contributed by atoms with Gasteiger partial charge < -0.3 is 10.7 Å². The van der Waals surface area contributed by atoms with Gasteiger partial charge >= 0.3 is 0 Å². The molecule has 7 heteroatoms. The third-order valence-electron chi connectivity index (χ3n) is 4.67. The van der Waals surface area contributed by atoms with Gasteiger partial charge in [-0.05, 0) is 45.6 Å². The van der Waals surface area contributed by atoms with Crippen LogP contribution in [0, 0.1) is 0 Å². The molecule has 0 aliphatic carbocycles. The fourth-order valence-electron chi connectivity index (χ4n) is 3.20. The second-order valence-corrected chi connectivity index (χ2v) is 10.0. The maximum absolute atomic E-state index is 12.9. The van der Waals surface area contributed by atoms with E-state index in [0.29, 0.717) is 11.0 Å². The Balaban J connectivity index is 2.20. The van der Waals surface area contributed by atoms with Crippen LogP contribution in [0.5, 0.6) is 0 Å². The smallest absolute Gasteiger partial charge is 0.236 e. The van der Waals surface area contributed by atoms with Crippen LogP contribution in [0.25, 0.3) is 11.4 Å². The summed E-state index contributed by atoms with van der Waals surface area (Å²) in [5, 5.41) is 8.69. The molecule has 1 atom stereocenters. The maximum atomic E-state index is 12.9. The molecule has 0 fully saturated rings. The van der Waals surface area contributed by atoms with Gasteiger partial charge in [-0.3, -0.25) is 4.79 Å². The number of nitrogen functional groups attached to an aromatic ring is 1. The van der Waals surface area contributed by atoms with Crippen molar-refractivity contribution in [1.29, 1.82) is 0 Å². The van der Waals surface area contributed by atoms with Crippen LogP contribution in [-0.2, 0) is 10.2 Å². The zero-order valence-corrected chi connectivity index (χ0v) is 19.0. The molecule has 1 unspecified atom stereocenters. The molecule has 6 nitrogen and oxygen atoms in total. The second-order valence-electron chi connectivity index (χ2n) is 8.70. The van der Waals surface area contributed by atoms with E-state index >= 15 is 0 Å². The van der Waals surface area contributed by atoms with Gasteiger partial charge in [0, 0.05) is 17.6 Å². The SMILES string of the molecule is CC(Sc1nnc(-c2ccc(C(C)(C)C)cc2)n1N)C(=O)N(C(C)C)C(C)C. The van der Waals surface area contributed by atoms with Gasteiger partial charge in [-0.2, -0.15) is 0 Å². The summed E-state index contributed by atoms with van der Waals surface area (Å²) in [5.74, 6) is 6.92. The van der Waals surface area contributed by atoms with Crippen molar-refractivity contribution in [1.82, 2.24) is 19.8 Å². The van der Waals surface area contributed by atoms with E-state index in [2.05, 4.69) is 43.1 Å². The van der Waals surface area contributed by atoms with Gasteiger partial charge in [0.2, 0.25) is 11.1 Å². The van der Waals surface area contributed by atoms with Crippen molar-refractivity contribution >= 4 is 17.7 Å². The third-order valence-corrected chi connectivity index (χ3v) is 5.72. The molecule has 0 saturated carbocycles. The van der Waals surface area contributed by atoms with E-state index in [-0.39, 0.29) is 28.7 Å². The fraction of sp³-hybridized carbons (Fsp3) is 0.571. The minimum Gasteiger partial charge on any atom is -0.337 e. The number of thioether (sulfide) groups is 1. The summed E-state index contributed by atoms with van der Waals surface area (Å²) < 4.78 is 1.47. The van der Waals surface area contributed by atoms with Crippen molar-refractivity contribution in [3.63, 3.8) is 0 Å². The van der Waals surface area contributed by atoms with Crippen molar-refractivity contribution < 1.29 is 4.79 Å². The van der Waals surface area contributed by atoms with Crippen LogP contribution < -0.4 is 5.84 Å². The Morgan fingerprint density at radius 1 is 1.04 bits per heavy atom. The van der Waals surface area contributed by atoms with Crippen LogP contribution in [-0.4, -0.2) is 43.0 Å². The summed E-state index contributed by atoms with van der Waals surface area (Å²) in [6.45, 7) is 16.5. The molecule has 0 aliphatic rings. The molecule has 0 aliphatic heterocycles. The highest BCUT2D eigenvalue weighted by molar-refractivity contribution is 8.00. The summed E-state index contributed by atoms with van der Waals surface area (Å²) in [6.07, 6.45) is 0. The number of carbonyl (C=O) groups is 1. The van der Waals surface area contributed by atoms with Gasteiger partial charge in [-0.25, -0.2) is 4.68 Å². The molecule has 0 bridgehead atoms. The van der Waals surface area contributed by atoms with Crippen LogP contribution in [0.3, 0.4) is 0 Å². The lowest BCUT2D eigenvalue weighted by Crippen LogP contribution is -2.45. The highest BCUT2D eigenvalue weighted by Gasteiger charge is 2.27. The zero-order chi connectivity index (χ0) is 21.2. The van der Waals surface area contributed by atoms with Crippen molar-refractivity contribution in [2.75, 3.05) is 5.84 Å². The lowest BCUT2D eigenvalue weighted by molar-refractivity contribution is -0.133. The van der Waals surface area contributed by atoms with Crippen LogP contribution in [0.15, 0.2) is 29.4 Å². The fourth-order valence-corrected chi connectivity index (χ4v) is 4.02. The minimum absolute atomic E-state index is 0.0779. The summed E-state index contributed by atoms with van der Waals surface area (Å²) in [5.41, 5.74) is 2.24. The van der Waals surface area contributed by atoms with E-state index in [0.717, 1.165) is 5.56 Å². The highest BCUT2D eigenvalue weighted by atomic mass is 32.2. The predicted molar refractivity (Wildman–Crippen MR) is 117 cm³/mol. The first kappa shape index (κ1) is 22.3. The molecule has 1 amide bonds. The first-order valence-electron chi connectivity index (χ1n) is 9.73. The summed E-state index contributed by atoms with van der Waals surface area (Å²) >= 11 is 1.34. The number of nitrogens with two attached hydrogens (primary N) is 1. The molecule has 2 N–H and O–H groups in total. The van der Waals surface area contributed by atoms with Gasteiger partial charge in [0.05, 0.1) is 5.25 Å². The van der Waals surface area contributed by atoms with Crippen LogP contribution >= 0.6 is 11.8 Å². The van der Waals surface area contributed by atoms with Gasteiger partial charge in [0.25, 0.3) is 0 Å². The van der Waals surface area contributed by atoms with Gasteiger partial charge in [-0.15, -0.1) is 10.2 Å². The molecule has 0 spiro atoms. The second kappa shape index (κ2) is 8.55. The van der Waals surface area contributed by atoms with E-state index in [9.17, 15) is 4.79 Å². The highest BCUT2D eigenvalue weighted by Crippen LogP contribution is 2.28. The normalized spacial score (nSPS) is 13.2. The Bertz CT molecular complexity index is 797. The largest absolute Gasteiger partial charge is 0.337 e. The standard InChI is InChI=1S/C21H33N5OS/c1-13(2)25(14(3)4)19(27)15(5)28-20-24-23-18(26(20)22)16-9-11-17(12-10-16)21(6,7)8/h9-15H,22H2,1-8H3. The molecule has 1 aromatic heterocycles. The number of aromatic nitrogens is 3. The molecule has 0 saturated heterocycles. The lowest BCUT2D eigenvalue weighted by Gasteiger charge is -2.32. The Labute approximate surface area is 172 Å². The summed E-state index contributed by atoms with van der Waals surface area (Å²) in [7, 11) is 0. The first-order valence-corrected chi connectivity index (χ1v) is 10.6. The van der Waals surface area contributed by atoms with Gasteiger partial charge in [0.1, 0.15) is 0 Å². The van der Waals surface area contributed by atoms with Crippen molar-refractivity contribution in [3.05, 3.63) is 29.8 Å². The van der Waals surface area contributed by atoms with Crippen LogP contribution in [0.1, 0.15) is 61.0 Å². The Kier molecular flexibility index (Phi) is 6.80. The monoisotopic (exact) mass is 403 g/mol. The number of hydrogen-bond acceptors (Lipinski definition) is 5. The Morgan fingerprint density at radius 3 is 2.04 bits per heavy atom. The van der Waals surface area contributed by atoms with Crippen LogP contribution in [0.2, 0.25) is 0 Å². The van der Waals surface area contributed by atoms with E-state index in [1.54, 1.807) is 0 Å². The van der Waals surface area contributed by atoms with Crippen molar-refractivity contribution in [2.45, 2.75) is 83.3 Å². The molecule has 28 heavy (non-hydrogen) atoms. The first-order chi connectivity index (χ1) is 12.9. The van der Waals surface area contributed by atoms with Gasteiger partial charge in [-0.1, -0.05) is 56.8 Å². The molecular weight excluding hydrogens is 370 g/mol. The van der Waals surface area contributed by atoms with Gasteiger partial charge in [0.15, 0.2) is 5.82 Å². The predicted octanol–water partition coefficient (Wildman–Crippen LogP) is 4.08. The van der Waals surface area contributed by atoms with Crippen molar-refractivity contribution in [2.24, 2.45) is 0 Å². The third kappa shape index (κ3) is 4.87. The Morgan fingerprint density at radius 2 is 1.57 bits per heavy atom. The average Bonchev–Trinajstić information content (AvgIpc) is 2.94. The molecule has 2 aromatic rings. The molecule has 1 heterocycles. The molecule has 2 rings (SSSR count). The summed E-state index contributed by atoms with van der Waals surface area (Å²) in [4.78, 5) is 14.7. The number of carbonyl (C=O) groups excluding carboxylic acids is 1. The number of rotatable bonds is 6. The molecule has 1 aromatic carbocycles. The van der Waals surface area contributed by atoms with E-state index < -0.39 is 0 Å². The number of hydrogen-bond donors (Lipinski definition) is 1. The number of amides is 1. The van der Waals surface area contributed by atoms with E-state index in [4.69, 9.17) is 5.84 Å². The zero-order valence-electron chi connectivity index (χ0n) is 18.2. The number of benzene rings is 1. The number of nitrogens with zero attached hydrogens (tertiary/aromatic N) is 4. The molecule has 154 valence electrons. The van der Waals surface area contributed by atoms with Crippen LogP contribution in [0.4, 0.5) is 0 Å². The topological polar surface area (TPSA) is 77.0 Å². The Hall–Kier alpha value is -2.02. The molecule has 0 radical (unpaired) electrons.